The third-order valence-electron chi connectivity index (χ3n) is 1.52. The summed E-state index contributed by atoms with van der Waals surface area (Å²) in [6.07, 6.45) is -0.567. The van der Waals surface area contributed by atoms with Gasteiger partial charge in [-0.05, 0) is 28.1 Å². The zero-order chi connectivity index (χ0) is 9.14. The van der Waals surface area contributed by atoms with Crippen molar-refractivity contribution in [3.05, 3.63) is 20.8 Å². The van der Waals surface area contributed by atoms with E-state index in [1.807, 2.05) is 6.07 Å². The van der Waals surface area contributed by atoms with Crippen molar-refractivity contribution < 1.29 is 9.90 Å². The Morgan fingerprint density at radius 2 is 2.42 bits per heavy atom. The number of hydrogen-bond acceptors (Lipinski definition) is 3. The lowest BCUT2D eigenvalue weighted by atomic mass is 10.1. The molecule has 2 nitrogen and oxygen atoms in total. The first-order valence-corrected chi connectivity index (χ1v) is 5.22. The van der Waals surface area contributed by atoms with Crippen LogP contribution in [0.25, 0.3) is 0 Å². The molecule has 1 N–H and O–H groups in total. The van der Waals surface area contributed by atoms with Crippen LogP contribution in [-0.2, 0) is 4.79 Å². The largest absolute Gasteiger partial charge is 0.380 e. The van der Waals surface area contributed by atoms with E-state index < -0.39 is 6.10 Å². The molecule has 0 spiro atoms. The summed E-state index contributed by atoms with van der Waals surface area (Å²) in [5.74, 6) is -0.135. The van der Waals surface area contributed by atoms with Crippen molar-refractivity contribution in [3.63, 3.8) is 0 Å². The predicted octanol–water partition coefficient (Wildman–Crippen LogP) is 2.52. The van der Waals surface area contributed by atoms with Crippen molar-refractivity contribution in [1.82, 2.24) is 0 Å². The molecular formula is C8H9BrO2S. The Labute approximate surface area is 83.4 Å². The Hall–Kier alpha value is -0.190. The third-order valence-corrected chi connectivity index (χ3v) is 3.19. The predicted molar refractivity (Wildman–Crippen MR) is 52.3 cm³/mol. The van der Waals surface area contributed by atoms with Crippen LogP contribution >= 0.6 is 27.3 Å². The number of rotatable bonds is 3. The summed E-state index contributed by atoms with van der Waals surface area (Å²) in [4.78, 5) is 11.8. The minimum atomic E-state index is -0.939. The number of ketones is 1. The minimum absolute atomic E-state index is 0.135. The van der Waals surface area contributed by atoms with Crippen LogP contribution in [0.1, 0.15) is 24.3 Å². The van der Waals surface area contributed by atoms with Crippen LogP contribution in [-0.4, -0.2) is 10.9 Å². The molecule has 0 aliphatic rings. The number of thiophene rings is 1. The van der Waals surface area contributed by atoms with Crippen LogP contribution in [0.5, 0.6) is 0 Å². The molecule has 1 heterocycles. The van der Waals surface area contributed by atoms with Gasteiger partial charge in [-0.2, -0.15) is 0 Å². The maximum Gasteiger partial charge on any atom is 0.166 e. The maximum atomic E-state index is 11.1. The van der Waals surface area contributed by atoms with Crippen molar-refractivity contribution in [1.29, 1.82) is 0 Å². The molecule has 0 bridgehead atoms. The monoisotopic (exact) mass is 248 g/mol. The molecule has 0 fully saturated rings. The van der Waals surface area contributed by atoms with Crippen LogP contribution < -0.4 is 0 Å². The lowest BCUT2D eigenvalue weighted by molar-refractivity contribution is -0.126. The Balaban J connectivity index is 2.77. The highest BCUT2D eigenvalue weighted by molar-refractivity contribution is 9.11. The average Bonchev–Trinajstić information content (AvgIpc) is 2.49. The van der Waals surface area contributed by atoms with Gasteiger partial charge in [0.15, 0.2) is 5.78 Å². The number of Topliss-reactive ketones (excluding diaryl/α,β-unsaturated/α-hetero) is 1. The van der Waals surface area contributed by atoms with E-state index in [0.29, 0.717) is 11.3 Å². The van der Waals surface area contributed by atoms with E-state index in [9.17, 15) is 9.90 Å². The third kappa shape index (κ3) is 2.15. The van der Waals surface area contributed by atoms with Gasteiger partial charge < -0.3 is 5.11 Å². The molecule has 66 valence electrons. The lowest BCUT2D eigenvalue weighted by Crippen LogP contribution is -2.08. The van der Waals surface area contributed by atoms with E-state index in [4.69, 9.17) is 0 Å². The lowest BCUT2D eigenvalue weighted by Gasteiger charge is -2.03. The molecule has 1 aromatic rings. The van der Waals surface area contributed by atoms with E-state index in [-0.39, 0.29) is 5.78 Å². The molecule has 0 aromatic carbocycles. The van der Waals surface area contributed by atoms with Crippen molar-refractivity contribution >= 4 is 33.0 Å². The summed E-state index contributed by atoms with van der Waals surface area (Å²) in [5.41, 5.74) is 0. The van der Waals surface area contributed by atoms with E-state index >= 15 is 0 Å². The number of hydrogen-bond donors (Lipinski definition) is 1. The fourth-order valence-corrected chi connectivity index (χ4v) is 2.26. The Morgan fingerprint density at radius 1 is 1.75 bits per heavy atom. The molecule has 1 aromatic heterocycles. The molecule has 0 radical (unpaired) electrons. The molecule has 0 saturated heterocycles. The smallest absolute Gasteiger partial charge is 0.166 e. The molecule has 0 amide bonds. The molecular weight excluding hydrogens is 240 g/mol. The minimum Gasteiger partial charge on any atom is -0.380 e. The normalized spacial score (nSPS) is 12.9. The first-order chi connectivity index (χ1) is 5.65. The molecule has 0 aliphatic carbocycles. The van der Waals surface area contributed by atoms with Crippen LogP contribution in [0.4, 0.5) is 0 Å². The van der Waals surface area contributed by atoms with Gasteiger partial charge in [0.1, 0.15) is 6.10 Å². The van der Waals surface area contributed by atoms with Gasteiger partial charge in [0.05, 0.1) is 3.79 Å². The summed E-state index contributed by atoms with van der Waals surface area (Å²) >= 11 is 4.65. The van der Waals surface area contributed by atoms with E-state index in [1.165, 1.54) is 11.3 Å². The first kappa shape index (κ1) is 9.89. The van der Waals surface area contributed by atoms with E-state index in [1.54, 1.807) is 13.0 Å². The molecule has 1 unspecified atom stereocenters. The molecule has 12 heavy (non-hydrogen) atoms. The summed E-state index contributed by atoms with van der Waals surface area (Å²) < 4.78 is 0.931. The topological polar surface area (TPSA) is 37.3 Å². The number of carbonyl (C=O) groups is 1. The molecule has 4 heteroatoms. The van der Waals surface area contributed by atoms with Gasteiger partial charge >= 0.3 is 0 Å². The van der Waals surface area contributed by atoms with Crippen LogP contribution in [0, 0.1) is 0 Å². The summed E-state index contributed by atoms with van der Waals surface area (Å²) in [7, 11) is 0. The van der Waals surface area contributed by atoms with E-state index in [0.717, 1.165) is 3.79 Å². The number of aliphatic hydroxyl groups is 1. The fraction of sp³-hybridized carbons (Fsp3) is 0.375. The first-order valence-electron chi connectivity index (χ1n) is 3.61. The zero-order valence-electron chi connectivity index (χ0n) is 6.58. The number of carbonyl (C=O) groups excluding carboxylic acids is 1. The van der Waals surface area contributed by atoms with Gasteiger partial charge in [0.2, 0.25) is 0 Å². The van der Waals surface area contributed by atoms with Gasteiger partial charge in [-0.15, -0.1) is 11.3 Å². The summed E-state index contributed by atoms with van der Waals surface area (Å²) in [6.45, 7) is 1.74. The van der Waals surface area contributed by atoms with Gasteiger partial charge in [-0.1, -0.05) is 6.92 Å². The van der Waals surface area contributed by atoms with Crippen molar-refractivity contribution in [2.75, 3.05) is 0 Å². The number of aliphatic hydroxyl groups excluding tert-OH is 1. The SMILES string of the molecule is CCC(=O)C(O)c1ccc(Br)s1. The zero-order valence-corrected chi connectivity index (χ0v) is 8.98. The highest BCUT2D eigenvalue weighted by Gasteiger charge is 2.16. The summed E-state index contributed by atoms with van der Waals surface area (Å²) in [6, 6.07) is 3.58. The van der Waals surface area contributed by atoms with Gasteiger partial charge in [0.25, 0.3) is 0 Å². The highest BCUT2D eigenvalue weighted by Crippen LogP contribution is 2.27. The maximum absolute atomic E-state index is 11.1. The molecule has 1 rings (SSSR count). The van der Waals surface area contributed by atoms with Crippen LogP contribution in [0.3, 0.4) is 0 Å². The molecule has 0 saturated carbocycles. The fourth-order valence-electron chi connectivity index (χ4n) is 0.827. The Morgan fingerprint density at radius 3 is 2.83 bits per heavy atom. The van der Waals surface area contributed by atoms with Gasteiger partial charge in [-0.3, -0.25) is 4.79 Å². The second-order valence-corrected chi connectivity index (χ2v) is 4.86. The molecule has 0 aliphatic heterocycles. The van der Waals surface area contributed by atoms with Crippen LogP contribution in [0.15, 0.2) is 15.9 Å². The van der Waals surface area contributed by atoms with Gasteiger partial charge in [-0.25, -0.2) is 0 Å². The standard InChI is InChI=1S/C8H9BrO2S/c1-2-5(10)8(11)6-3-4-7(9)12-6/h3-4,8,11H,2H2,1H3. The average molecular weight is 249 g/mol. The van der Waals surface area contributed by atoms with Crippen molar-refractivity contribution in [2.45, 2.75) is 19.4 Å². The molecule has 1 atom stereocenters. The van der Waals surface area contributed by atoms with E-state index in [2.05, 4.69) is 15.9 Å². The van der Waals surface area contributed by atoms with Gasteiger partial charge in [0, 0.05) is 11.3 Å². The van der Waals surface area contributed by atoms with Crippen LogP contribution in [0.2, 0.25) is 0 Å². The van der Waals surface area contributed by atoms with Crippen molar-refractivity contribution in [3.8, 4) is 0 Å². The number of halogens is 1. The Bertz CT molecular complexity index is 282. The second-order valence-electron chi connectivity index (χ2n) is 2.36. The second kappa shape index (κ2) is 4.16. The highest BCUT2D eigenvalue weighted by atomic mass is 79.9. The quantitative estimate of drug-likeness (QED) is 0.893. The Kier molecular flexibility index (Phi) is 3.43. The van der Waals surface area contributed by atoms with Crippen molar-refractivity contribution in [2.24, 2.45) is 0 Å². The summed E-state index contributed by atoms with van der Waals surface area (Å²) in [5, 5.41) is 9.44.